The van der Waals surface area contributed by atoms with Gasteiger partial charge in [0.2, 0.25) is 11.9 Å². The van der Waals surface area contributed by atoms with Crippen molar-refractivity contribution in [3.63, 3.8) is 0 Å². The number of aromatic nitrogens is 5. The normalized spacial score (nSPS) is 16.3. The number of nitrogens with zero attached hydrogens (tertiary/aromatic N) is 7. The van der Waals surface area contributed by atoms with Crippen LogP contribution in [0.3, 0.4) is 0 Å². The van der Waals surface area contributed by atoms with Gasteiger partial charge in [0, 0.05) is 53.9 Å². The van der Waals surface area contributed by atoms with Gasteiger partial charge in [-0.15, -0.1) is 0 Å². The van der Waals surface area contributed by atoms with Gasteiger partial charge in [-0.1, -0.05) is 44.2 Å². The third-order valence-electron chi connectivity index (χ3n) is 9.21. The molecule has 10 heteroatoms. The zero-order valence-electron chi connectivity index (χ0n) is 25.7. The SMILES string of the molecule is CC(C)c1cnn2c(CCc3ccccc3-c3nccc4cc(NC(=O)C5(C#N)CC5)ccc34)nc(N3CCC(N)CC3)nc12. The molecular formula is C35H37N9O. The summed E-state index contributed by atoms with van der Waals surface area (Å²) in [4.78, 5) is 29.8. The van der Waals surface area contributed by atoms with Crippen LogP contribution < -0.4 is 16.0 Å². The van der Waals surface area contributed by atoms with Crippen molar-refractivity contribution >= 4 is 34.0 Å². The topological polar surface area (TPSA) is 138 Å². The largest absolute Gasteiger partial charge is 0.341 e. The fraction of sp³-hybridized carbons (Fsp3) is 0.371. The van der Waals surface area contributed by atoms with E-state index in [9.17, 15) is 10.1 Å². The molecule has 3 aromatic heterocycles. The fourth-order valence-electron chi connectivity index (χ4n) is 6.20. The number of nitrogens with one attached hydrogen (secondary N) is 1. The number of benzene rings is 2. The highest BCUT2D eigenvalue weighted by atomic mass is 16.2. The summed E-state index contributed by atoms with van der Waals surface area (Å²) in [5, 5.41) is 19.0. The molecule has 10 nitrogen and oxygen atoms in total. The Kier molecular flexibility index (Phi) is 7.42. The molecule has 228 valence electrons. The molecule has 45 heavy (non-hydrogen) atoms. The van der Waals surface area contributed by atoms with Crippen LogP contribution in [0, 0.1) is 16.7 Å². The van der Waals surface area contributed by atoms with Crippen LogP contribution in [0.1, 0.15) is 62.4 Å². The molecule has 7 rings (SSSR count). The van der Waals surface area contributed by atoms with Gasteiger partial charge in [-0.05, 0) is 67.2 Å². The molecule has 0 radical (unpaired) electrons. The van der Waals surface area contributed by atoms with Crippen LogP contribution in [-0.2, 0) is 17.6 Å². The molecule has 1 aliphatic heterocycles. The zero-order valence-corrected chi connectivity index (χ0v) is 25.7. The van der Waals surface area contributed by atoms with E-state index in [1.807, 2.05) is 41.0 Å². The first kappa shape index (κ1) is 28.9. The Morgan fingerprint density at radius 3 is 2.67 bits per heavy atom. The van der Waals surface area contributed by atoms with Gasteiger partial charge in [0.25, 0.3) is 0 Å². The highest BCUT2D eigenvalue weighted by Gasteiger charge is 2.50. The van der Waals surface area contributed by atoms with Crippen molar-refractivity contribution in [1.82, 2.24) is 24.6 Å². The van der Waals surface area contributed by atoms with Gasteiger partial charge in [0.05, 0.1) is 18.0 Å². The number of nitriles is 1. The maximum Gasteiger partial charge on any atom is 0.244 e. The second-order valence-corrected chi connectivity index (χ2v) is 12.7. The fourth-order valence-corrected chi connectivity index (χ4v) is 6.20. The van der Waals surface area contributed by atoms with E-state index in [1.165, 1.54) is 0 Å². The van der Waals surface area contributed by atoms with Crippen molar-refractivity contribution in [2.24, 2.45) is 11.1 Å². The molecule has 2 fully saturated rings. The maximum absolute atomic E-state index is 12.7. The number of aryl methyl sites for hydroxylation is 2. The molecule has 3 N–H and O–H groups in total. The summed E-state index contributed by atoms with van der Waals surface area (Å²) in [6.07, 6.45) is 8.23. The number of hydrogen-bond donors (Lipinski definition) is 2. The van der Waals surface area contributed by atoms with E-state index in [0.29, 0.717) is 30.9 Å². The minimum Gasteiger partial charge on any atom is -0.341 e. The lowest BCUT2D eigenvalue weighted by Gasteiger charge is -2.30. The van der Waals surface area contributed by atoms with E-state index in [2.05, 4.69) is 48.3 Å². The van der Waals surface area contributed by atoms with Gasteiger partial charge in [-0.2, -0.15) is 20.3 Å². The molecule has 2 aliphatic rings. The van der Waals surface area contributed by atoms with Crippen molar-refractivity contribution < 1.29 is 4.79 Å². The summed E-state index contributed by atoms with van der Waals surface area (Å²) < 4.78 is 1.90. The third-order valence-corrected chi connectivity index (χ3v) is 9.21. The van der Waals surface area contributed by atoms with E-state index in [4.69, 9.17) is 25.8 Å². The van der Waals surface area contributed by atoms with Gasteiger partial charge in [-0.3, -0.25) is 9.78 Å². The molecule has 1 saturated heterocycles. The average Bonchev–Trinajstić information content (AvgIpc) is 3.74. The maximum atomic E-state index is 12.7. The molecule has 0 unspecified atom stereocenters. The Balaban J connectivity index is 1.19. The molecule has 0 bridgehead atoms. The van der Waals surface area contributed by atoms with Gasteiger partial charge < -0.3 is 16.0 Å². The lowest BCUT2D eigenvalue weighted by Crippen LogP contribution is -2.40. The van der Waals surface area contributed by atoms with Gasteiger partial charge in [0.15, 0.2) is 5.65 Å². The summed E-state index contributed by atoms with van der Waals surface area (Å²) in [7, 11) is 0. The number of carbonyl (C=O) groups excluding carboxylic acids is 1. The smallest absolute Gasteiger partial charge is 0.244 e. The van der Waals surface area contributed by atoms with Crippen molar-refractivity contribution in [3.8, 4) is 17.3 Å². The van der Waals surface area contributed by atoms with E-state index in [0.717, 1.165) is 82.9 Å². The number of rotatable bonds is 8. The van der Waals surface area contributed by atoms with Crippen LogP contribution in [0.5, 0.6) is 0 Å². The monoisotopic (exact) mass is 599 g/mol. The van der Waals surface area contributed by atoms with E-state index in [1.54, 1.807) is 6.20 Å². The van der Waals surface area contributed by atoms with E-state index < -0.39 is 5.41 Å². The first-order valence-electron chi connectivity index (χ1n) is 15.8. The molecule has 1 aliphatic carbocycles. The highest BCUT2D eigenvalue weighted by Crippen LogP contribution is 2.46. The van der Waals surface area contributed by atoms with Crippen LogP contribution in [0.25, 0.3) is 27.7 Å². The zero-order chi connectivity index (χ0) is 31.1. The molecule has 1 amide bonds. The van der Waals surface area contributed by atoms with E-state index in [-0.39, 0.29) is 11.9 Å². The quantitative estimate of drug-likeness (QED) is 0.241. The number of fused-ring (bicyclic) bond motifs is 2. The minimum atomic E-state index is -0.874. The number of anilines is 2. The highest BCUT2D eigenvalue weighted by molar-refractivity contribution is 6.02. The lowest BCUT2D eigenvalue weighted by molar-refractivity contribution is -0.119. The number of carbonyl (C=O) groups is 1. The Hall–Kier alpha value is -4.88. The van der Waals surface area contributed by atoms with Gasteiger partial charge in [-0.25, -0.2) is 4.52 Å². The summed E-state index contributed by atoms with van der Waals surface area (Å²) in [5.74, 6) is 1.69. The second kappa shape index (κ2) is 11.6. The Bertz CT molecular complexity index is 1940. The predicted octanol–water partition coefficient (Wildman–Crippen LogP) is 5.42. The lowest BCUT2D eigenvalue weighted by atomic mass is 9.96. The number of piperidine rings is 1. The Labute approximate surface area is 262 Å². The number of amides is 1. The molecule has 5 aromatic rings. The van der Waals surface area contributed by atoms with Crippen LogP contribution in [0.15, 0.2) is 60.9 Å². The van der Waals surface area contributed by atoms with Crippen molar-refractivity contribution in [3.05, 3.63) is 77.9 Å². The summed E-state index contributed by atoms with van der Waals surface area (Å²) in [6.45, 7) is 6.03. The summed E-state index contributed by atoms with van der Waals surface area (Å²) in [6, 6.07) is 18.5. The van der Waals surface area contributed by atoms with Crippen molar-refractivity contribution in [2.45, 2.75) is 64.3 Å². The van der Waals surface area contributed by atoms with Crippen molar-refractivity contribution in [1.29, 1.82) is 5.26 Å². The number of hydrogen-bond acceptors (Lipinski definition) is 8. The first-order valence-corrected chi connectivity index (χ1v) is 15.8. The minimum absolute atomic E-state index is 0.229. The van der Waals surface area contributed by atoms with Crippen molar-refractivity contribution in [2.75, 3.05) is 23.3 Å². The standard InChI is InChI=1S/C35H37N9O/c1-22(2)29-20-39-44-30(41-34(42-32(29)44)43-17-12-25(37)13-18-43)10-7-23-5-3-4-6-27(23)31-28-9-8-26(19-24(28)11-16-38-31)40-33(45)35(21-36)14-15-35/h3-6,8-9,11,16,19-20,22,25H,7,10,12-15,17-18,37H2,1-2H3,(H,40,45). The second-order valence-electron chi connectivity index (χ2n) is 12.7. The molecule has 2 aromatic carbocycles. The third kappa shape index (κ3) is 5.49. The van der Waals surface area contributed by atoms with Crippen LogP contribution >= 0.6 is 0 Å². The Morgan fingerprint density at radius 2 is 1.91 bits per heavy atom. The summed E-state index contributed by atoms with van der Waals surface area (Å²) in [5.41, 5.74) is 11.1. The molecule has 4 heterocycles. The van der Waals surface area contributed by atoms with Crippen LogP contribution in [-0.4, -0.2) is 49.6 Å². The van der Waals surface area contributed by atoms with Crippen LogP contribution in [0.2, 0.25) is 0 Å². The van der Waals surface area contributed by atoms with Crippen LogP contribution in [0.4, 0.5) is 11.6 Å². The Morgan fingerprint density at radius 1 is 1.11 bits per heavy atom. The van der Waals surface area contributed by atoms with Gasteiger partial charge >= 0.3 is 0 Å². The van der Waals surface area contributed by atoms with E-state index >= 15 is 0 Å². The molecule has 0 atom stereocenters. The average molecular weight is 600 g/mol. The number of pyridine rings is 1. The molecular weight excluding hydrogens is 562 g/mol. The predicted molar refractivity (Wildman–Crippen MR) is 175 cm³/mol. The molecule has 1 saturated carbocycles. The van der Waals surface area contributed by atoms with Gasteiger partial charge in [0.1, 0.15) is 11.2 Å². The molecule has 0 spiro atoms. The summed E-state index contributed by atoms with van der Waals surface area (Å²) >= 11 is 0. The number of nitrogens with two attached hydrogens (primary N) is 1. The first-order chi connectivity index (χ1) is 21.8.